The molecule has 4 heteroatoms. The van der Waals surface area contributed by atoms with Crippen LogP contribution in [-0.2, 0) is 13.5 Å². The van der Waals surface area contributed by atoms with Gasteiger partial charge in [0.1, 0.15) is 0 Å². The van der Waals surface area contributed by atoms with E-state index in [0.29, 0.717) is 6.54 Å². The molecule has 1 rings (SSSR count). The van der Waals surface area contributed by atoms with Crippen molar-refractivity contribution in [3.8, 4) is 0 Å². The van der Waals surface area contributed by atoms with Gasteiger partial charge in [0, 0.05) is 25.4 Å². The van der Waals surface area contributed by atoms with Crippen molar-refractivity contribution in [1.82, 2.24) is 9.78 Å². The minimum absolute atomic E-state index is 0.121. The van der Waals surface area contributed by atoms with Gasteiger partial charge >= 0.3 is 0 Å². The largest absolute Gasteiger partial charge is 0.330 e. The average molecular weight is 228 g/mol. The second kappa shape index (κ2) is 4.37. The number of nitrogens with zero attached hydrogens (tertiary/aromatic N) is 2. The lowest BCUT2D eigenvalue weighted by atomic mass is 9.85. The molecule has 0 aromatic carbocycles. The zero-order chi connectivity index (χ0) is 11.6. The van der Waals surface area contributed by atoms with Crippen LogP contribution in [0.4, 0.5) is 0 Å². The standard InChI is InChI=1S/C11H18ClN3/c1-5-11(3,7-13)6-9-10(12)8(2)14-15(9)4/h5H,1,6-7,13H2,2-4H3. The highest BCUT2D eigenvalue weighted by Crippen LogP contribution is 2.28. The first-order chi connectivity index (χ1) is 6.93. The Balaban J connectivity index is 3.03. The Morgan fingerprint density at radius 1 is 1.67 bits per heavy atom. The fourth-order valence-electron chi connectivity index (χ4n) is 1.48. The third kappa shape index (κ3) is 2.41. The minimum Gasteiger partial charge on any atom is -0.330 e. The van der Waals surface area contributed by atoms with E-state index in [4.69, 9.17) is 17.3 Å². The minimum atomic E-state index is -0.121. The van der Waals surface area contributed by atoms with Gasteiger partial charge < -0.3 is 5.73 Å². The van der Waals surface area contributed by atoms with Gasteiger partial charge in [-0.15, -0.1) is 6.58 Å². The summed E-state index contributed by atoms with van der Waals surface area (Å²) in [6.07, 6.45) is 2.65. The van der Waals surface area contributed by atoms with Crippen LogP contribution < -0.4 is 5.73 Å². The Kier molecular flexibility index (Phi) is 3.58. The van der Waals surface area contributed by atoms with Crippen molar-refractivity contribution in [2.45, 2.75) is 20.3 Å². The molecular formula is C11H18ClN3. The Hall–Kier alpha value is -0.800. The Bertz CT molecular complexity index is 370. The van der Waals surface area contributed by atoms with E-state index in [-0.39, 0.29) is 5.41 Å². The lowest BCUT2D eigenvalue weighted by Gasteiger charge is -2.23. The molecule has 1 aromatic heterocycles. The van der Waals surface area contributed by atoms with E-state index in [0.717, 1.165) is 22.8 Å². The van der Waals surface area contributed by atoms with Gasteiger partial charge in [-0.25, -0.2) is 0 Å². The number of hydrogen-bond donors (Lipinski definition) is 1. The summed E-state index contributed by atoms with van der Waals surface area (Å²) in [5.41, 5.74) is 7.48. The molecule has 2 N–H and O–H groups in total. The lowest BCUT2D eigenvalue weighted by molar-refractivity contribution is 0.424. The van der Waals surface area contributed by atoms with Crippen LogP contribution in [0.5, 0.6) is 0 Å². The van der Waals surface area contributed by atoms with Crippen molar-refractivity contribution < 1.29 is 0 Å². The molecule has 1 aromatic rings. The van der Waals surface area contributed by atoms with Crippen molar-refractivity contribution in [2.75, 3.05) is 6.54 Å². The van der Waals surface area contributed by atoms with Crippen LogP contribution in [0.3, 0.4) is 0 Å². The maximum Gasteiger partial charge on any atom is 0.0847 e. The monoisotopic (exact) mass is 227 g/mol. The normalized spacial score (nSPS) is 15.0. The summed E-state index contributed by atoms with van der Waals surface area (Å²) in [6, 6.07) is 0. The molecule has 0 amide bonds. The third-order valence-electron chi connectivity index (χ3n) is 2.79. The Labute approximate surface area is 95.9 Å². The Morgan fingerprint density at radius 3 is 2.60 bits per heavy atom. The number of halogens is 1. The molecule has 0 aliphatic heterocycles. The third-order valence-corrected chi connectivity index (χ3v) is 3.28. The second-order valence-corrected chi connectivity index (χ2v) is 4.59. The topological polar surface area (TPSA) is 43.8 Å². The molecule has 1 atom stereocenters. The molecule has 0 bridgehead atoms. The summed E-state index contributed by atoms with van der Waals surface area (Å²) in [6.45, 7) is 8.34. The molecule has 0 saturated carbocycles. The summed E-state index contributed by atoms with van der Waals surface area (Å²) in [5.74, 6) is 0. The molecule has 0 radical (unpaired) electrons. The molecule has 15 heavy (non-hydrogen) atoms. The average Bonchev–Trinajstić information content (AvgIpc) is 2.45. The highest BCUT2D eigenvalue weighted by atomic mass is 35.5. The number of aromatic nitrogens is 2. The Morgan fingerprint density at radius 2 is 2.27 bits per heavy atom. The van der Waals surface area contributed by atoms with Crippen molar-refractivity contribution in [3.63, 3.8) is 0 Å². The van der Waals surface area contributed by atoms with Gasteiger partial charge in [-0.1, -0.05) is 24.6 Å². The van der Waals surface area contributed by atoms with E-state index in [2.05, 4.69) is 18.6 Å². The number of nitrogens with two attached hydrogens (primary N) is 1. The molecule has 0 saturated heterocycles. The summed E-state index contributed by atoms with van der Waals surface area (Å²) < 4.78 is 1.81. The van der Waals surface area contributed by atoms with Crippen LogP contribution in [0.25, 0.3) is 0 Å². The summed E-state index contributed by atoms with van der Waals surface area (Å²) in [4.78, 5) is 0. The molecule has 1 unspecified atom stereocenters. The zero-order valence-electron chi connectivity index (χ0n) is 9.55. The maximum atomic E-state index is 6.18. The smallest absolute Gasteiger partial charge is 0.0847 e. The van der Waals surface area contributed by atoms with E-state index >= 15 is 0 Å². The molecule has 3 nitrogen and oxygen atoms in total. The van der Waals surface area contributed by atoms with E-state index in [1.54, 1.807) is 0 Å². The predicted molar refractivity (Wildman–Crippen MR) is 64.0 cm³/mol. The van der Waals surface area contributed by atoms with E-state index in [9.17, 15) is 0 Å². The van der Waals surface area contributed by atoms with Crippen molar-refractivity contribution in [2.24, 2.45) is 18.2 Å². The summed E-state index contributed by atoms with van der Waals surface area (Å²) in [5, 5.41) is 5.01. The lowest BCUT2D eigenvalue weighted by Crippen LogP contribution is -2.28. The van der Waals surface area contributed by atoms with Gasteiger partial charge in [-0.2, -0.15) is 5.10 Å². The number of aryl methyl sites for hydroxylation is 2. The van der Waals surface area contributed by atoms with Crippen molar-refractivity contribution in [3.05, 3.63) is 29.1 Å². The van der Waals surface area contributed by atoms with Crippen LogP contribution in [-0.4, -0.2) is 16.3 Å². The highest BCUT2D eigenvalue weighted by Gasteiger charge is 2.23. The molecule has 1 heterocycles. The first-order valence-corrected chi connectivity index (χ1v) is 5.33. The van der Waals surface area contributed by atoms with Gasteiger partial charge in [0.2, 0.25) is 0 Å². The highest BCUT2D eigenvalue weighted by molar-refractivity contribution is 6.31. The molecule has 0 aliphatic carbocycles. The van der Waals surface area contributed by atoms with Crippen molar-refractivity contribution in [1.29, 1.82) is 0 Å². The molecule has 0 aliphatic rings. The SMILES string of the molecule is C=CC(C)(CN)Cc1c(Cl)c(C)nn1C. The van der Waals surface area contributed by atoms with Crippen LogP contribution in [0, 0.1) is 12.3 Å². The van der Waals surface area contributed by atoms with Crippen LogP contribution in [0.15, 0.2) is 12.7 Å². The van der Waals surface area contributed by atoms with Crippen LogP contribution >= 0.6 is 11.6 Å². The second-order valence-electron chi connectivity index (χ2n) is 4.21. The molecule has 84 valence electrons. The van der Waals surface area contributed by atoms with Crippen LogP contribution in [0.1, 0.15) is 18.3 Å². The zero-order valence-corrected chi connectivity index (χ0v) is 10.3. The van der Waals surface area contributed by atoms with Gasteiger partial charge in [0.25, 0.3) is 0 Å². The molecule has 0 spiro atoms. The van der Waals surface area contributed by atoms with Gasteiger partial charge in [-0.3, -0.25) is 4.68 Å². The molecular weight excluding hydrogens is 210 g/mol. The summed E-state index contributed by atoms with van der Waals surface area (Å²) in [7, 11) is 1.90. The fraction of sp³-hybridized carbons (Fsp3) is 0.545. The maximum absolute atomic E-state index is 6.18. The van der Waals surface area contributed by atoms with Gasteiger partial charge in [-0.05, 0) is 6.92 Å². The van der Waals surface area contributed by atoms with Gasteiger partial charge in [0.15, 0.2) is 0 Å². The van der Waals surface area contributed by atoms with Crippen LogP contribution in [0.2, 0.25) is 5.02 Å². The first kappa shape index (κ1) is 12.3. The first-order valence-electron chi connectivity index (χ1n) is 4.95. The van der Waals surface area contributed by atoms with E-state index in [1.807, 2.05) is 24.7 Å². The van der Waals surface area contributed by atoms with Gasteiger partial charge in [0.05, 0.1) is 16.4 Å². The quantitative estimate of drug-likeness (QED) is 0.801. The van der Waals surface area contributed by atoms with E-state index in [1.165, 1.54) is 0 Å². The van der Waals surface area contributed by atoms with Crippen molar-refractivity contribution >= 4 is 11.6 Å². The summed E-state index contributed by atoms with van der Waals surface area (Å²) >= 11 is 6.18. The molecule has 0 fully saturated rings. The number of rotatable bonds is 4. The number of hydrogen-bond acceptors (Lipinski definition) is 2. The van der Waals surface area contributed by atoms with E-state index < -0.39 is 0 Å². The fourth-order valence-corrected chi connectivity index (χ4v) is 1.71. The predicted octanol–water partition coefficient (Wildman–Crippen LogP) is 2.08.